The molecule has 0 fully saturated rings. The van der Waals surface area contributed by atoms with E-state index in [4.69, 9.17) is 9.84 Å². The Bertz CT molecular complexity index is 602. The first-order chi connectivity index (χ1) is 8.58. The number of aryl methyl sites for hydroxylation is 1. The molecule has 0 unspecified atom stereocenters. The molecule has 2 rings (SSSR count). The van der Waals surface area contributed by atoms with Crippen LogP contribution in [-0.4, -0.2) is 22.2 Å². The summed E-state index contributed by atoms with van der Waals surface area (Å²) in [6.07, 6.45) is 0. The van der Waals surface area contributed by atoms with E-state index in [1.165, 1.54) is 0 Å². The quantitative estimate of drug-likeness (QED) is 0.658. The number of carbonyl (C=O) groups is 2. The molecule has 1 aromatic carbocycles. The van der Waals surface area contributed by atoms with Gasteiger partial charge in [-0.25, -0.2) is 9.59 Å². The van der Waals surface area contributed by atoms with Crippen LogP contribution in [0, 0.1) is 6.92 Å². The van der Waals surface area contributed by atoms with Crippen LogP contribution in [0.15, 0.2) is 34.9 Å². The third kappa shape index (κ3) is 2.37. The summed E-state index contributed by atoms with van der Waals surface area (Å²) in [4.78, 5) is 22.2. The molecule has 1 heterocycles. The molecule has 1 N–H and O–H groups in total. The third-order valence-corrected chi connectivity index (χ3v) is 2.23. The van der Waals surface area contributed by atoms with Gasteiger partial charge in [-0.3, -0.25) is 0 Å². The van der Waals surface area contributed by atoms with Crippen molar-refractivity contribution in [2.45, 2.75) is 6.92 Å². The first-order valence-electron chi connectivity index (χ1n) is 5.06. The minimum atomic E-state index is -1.27. The standard InChI is InChI=1S/C12H9NO5/c1-7-4-2-3-5-9(7)17-12(16)10-6-8(11(14)15)13-18-10/h2-6H,1H3,(H,14,15). The van der Waals surface area contributed by atoms with E-state index in [9.17, 15) is 9.59 Å². The first kappa shape index (κ1) is 11.8. The predicted octanol–water partition coefficient (Wildman–Crippen LogP) is 1.90. The average Bonchev–Trinajstić information content (AvgIpc) is 2.81. The Labute approximate surface area is 102 Å². The van der Waals surface area contributed by atoms with Gasteiger partial charge in [0.25, 0.3) is 0 Å². The third-order valence-electron chi connectivity index (χ3n) is 2.23. The lowest BCUT2D eigenvalue weighted by molar-refractivity contribution is 0.0667. The van der Waals surface area contributed by atoms with Crippen LogP contribution in [0.1, 0.15) is 26.6 Å². The van der Waals surface area contributed by atoms with E-state index < -0.39 is 11.9 Å². The second kappa shape index (κ2) is 4.70. The average molecular weight is 247 g/mol. The van der Waals surface area contributed by atoms with Gasteiger partial charge >= 0.3 is 11.9 Å². The van der Waals surface area contributed by atoms with E-state index in [-0.39, 0.29) is 11.5 Å². The molecule has 0 radical (unpaired) electrons. The molecule has 0 saturated heterocycles. The van der Waals surface area contributed by atoms with Gasteiger partial charge in [0.05, 0.1) is 0 Å². The number of carbonyl (C=O) groups excluding carboxylic acids is 1. The molecule has 0 bridgehead atoms. The maximum Gasteiger partial charge on any atom is 0.382 e. The van der Waals surface area contributed by atoms with E-state index in [1.807, 2.05) is 6.07 Å². The van der Waals surface area contributed by atoms with Crippen molar-refractivity contribution in [2.24, 2.45) is 0 Å². The van der Waals surface area contributed by atoms with Crippen molar-refractivity contribution in [2.75, 3.05) is 0 Å². The summed E-state index contributed by atoms with van der Waals surface area (Å²) in [6, 6.07) is 7.96. The summed E-state index contributed by atoms with van der Waals surface area (Å²) in [5.41, 5.74) is 0.440. The Morgan fingerprint density at radius 3 is 2.67 bits per heavy atom. The Kier molecular flexibility index (Phi) is 3.09. The molecular formula is C12H9NO5. The predicted molar refractivity (Wildman–Crippen MR) is 59.6 cm³/mol. The molecule has 18 heavy (non-hydrogen) atoms. The van der Waals surface area contributed by atoms with Crippen LogP contribution in [0.2, 0.25) is 0 Å². The number of carboxylic acid groups (broad SMARTS) is 1. The van der Waals surface area contributed by atoms with Crippen LogP contribution < -0.4 is 4.74 Å². The maximum atomic E-state index is 11.7. The van der Waals surface area contributed by atoms with Crippen molar-refractivity contribution < 1.29 is 24.0 Å². The molecule has 92 valence electrons. The molecule has 6 nitrogen and oxygen atoms in total. The summed E-state index contributed by atoms with van der Waals surface area (Å²) in [6.45, 7) is 1.78. The van der Waals surface area contributed by atoms with Crippen molar-refractivity contribution in [1.29, 1.82) is 0 Å². The van der Waals surface area contributed by atoms with Gasteiger partial charge in [-0.15, -0.1) is 0 Å². The molecular weight excluding hydrogens is 238 g/mol. The number of para-hydroxylation sites is 1. The van der Waals surface area contributed by atoms with Crippen LogP contribution in [0.5, 0.6) is 5.75 Å². The molecule has 0 aliphatic rings. The number of rotatable bonds is 3. The number of aromatic nitrogens is 1. The summed E-state index contributed by atoms with van der Waals surface area (Å²) in [5.74, 6) is -1.93. The molecule has 6 heteroatoms. The highest BCUT2D eigenvalue weighted by molar-refractivity contribution is 5.92. The zero-order valence-electron chi connectivity index (χ0n) is 9.41. The highest BCUT2D eigenvalue weighted by Gasteiger charge is 2.19. The van der Waals surface area contributed by atoms with Gasteiger partial charge in [0.2, 0.25) is 5.76 Å². The Morgan fingerprint density at radius 1 is 1.33 bits per heavy atom. The maximum absolute atomic E-state index is 11.7. The highest BCUT2D eigenvalue weighted by atomic mass is 16.6. The van der Waals surface area contributed by atoms with Crippen LogP contribution in [0.3, 0.4) is 0 Å². The Morgan fingerprint density at radius 2 is 2.06 bits per heavy atom. The number of hydrogen-bond donors (Lipinski definition) is 1. The lowest BCUT2D eigenvalue weighted by atomic mass is 10.2. The highest BCUT2D eigenvalue weighted by Crippen LogP contribution is 2.18. The molecule has 0 atom stereocenters. The van der Waals surface area contributed by atoms with Crippen molar-refractivity contribution in [3.63, 3.8) is 0 Å². The van der Waals surface area contributed by atoms with E-state index >= 15 is 0 Å². The second-order valence-corrected chi connectivity index (χ2v) is 3.54. The minimum absolute atomic E-state index is 0.254. The molecule has 0 amide bonds. The largest absolute Gasteiger partial charge is 0.476 e. The van der Waals surface area contributed by atoms with Crippen LogP contribution in [0.4, 0.5) is 0 Å². The number of carboxylic acids is 1. The van der Waals surface area contributed by atoms with Crippen LogP contribution >= 0.6 is 0 Å². The lowest BCUT2D eigenvalue weighted by Gasteiger charge is -2.04. The van der Waals surface area contributed by atoms with Crippen LogP contribution in [-0.2, 0) is 0 Å². The van der Waals surface area contributed by atoms with E-state index in [2.05, 4.69) is 9.68 Å². The molecule has 0 aliphatic heterocycles. The van der Waals surface area contributed by atoms with Crippen molar-refractivity contribution in [1.82, 2.24) is 5.16 Å². The number of nitrogens with zero attached hydrogens (tertiary/aromatic N) is 1. The number of hydrogen-bond acceptors (Lipinski definition) is 5. The first-order valence-corrected chi connectivity index (χ1v) is 5.06. The molecule has 2 aromatic rings. The number of esters is 1. The number of ether oxygens (including phenoxy) is 1. The van der Waals surface area contributed by atoms with Gasteiger partial charge in [-0.05, 0) is 18.6 Å². The van der Waals surface area contributed by atoms with Gasteiger partial charge in [0.15, 0.2) is 5.69 Å². The monoisotopic (exact) mass is 247 g/mol. The Hall–Kier alpha value is -2.63. The number of aromatic carboxylic acids is 1. The van der Waals surface area contributed by atoms with Gasteiger partial charge in [-0.1, -0.05) is 23.4 Å². The van der Waals surface area contributed by atoms with Gasteiger partial charge in [0, 0.05) is 6.07 Å². The van der Waals surface area contributed by atoms with E-state index in [0.717, 1.165) is 11.6 Å². The SMILES string of the molecule is Cc1ccccc1OC(=O)c1cc(C(=O)O)no1. The topological polar surface area (TPSA) is 89.6 Å². The smallest absolute Gasteiger partial charge is 0.382 e. The van der Waals surface area contributed by atoms with E-state index in [0.29, 0.717) is 5.75 Å². The Balaban J connectivity index is 2.17. The minimum Gasteiger partial charge on any atom is -0.476 e. The zero-order valence-corrected chi connectivity index (χ0v) is 9.41. The van der Waals surface area contributed by atoms with Crippen LogP contribution in [0.25, 0.3) is 0 Å². The molecule has 1 aromatic heterocycles. The summed E-state index contributed by atoms with van der Waals surface area (Å²) >= 11 is 0. The summed E-state index contributed by atoms with van der Waals surface area (Å²) < 4.78 is 9.65. The fraction of sp³-hybridized carbons (Fsp3) is 0.0833. The van der Waals surface area contributed by atoms with Gasteiger partial charge in [-0.2, -0.15) is 0 Å². The van der Waals surface area contributed by atoms with Crippen molar-refractivity contribution in [3.8, 4) is 5.75 Å². The van der Waals surface area contributed by atoms with Gasteiger partial charge in [0.1, 0.15) is 5.75 Å². The second-order valence-electron chi connectivity index (χ2n) is 3.54. The number of benzene rings is 1. The normalized spacial score (nSPS) is 10.1. The zero-order chi connectivity index (χ0) is 13.1. The van der Waals surface area contributed by atoms with Crippen molar-refractivity contribution >= 4 is 11.9 Å². The molecule has 0 aliphatic carbocycles. The molecule has 0 spiro atoms. The lowest BCUT2D eigenvalue weighted by Crippen LogP contribution is -2.08. The summed E-state index contributed by atoms with van der Waals surface area (Å²) in [5, 5.41) is 11.9. The van der Waals surface area contributed by atoms with Gasteiger partial charge < -0.3 is 14.4 Å². The molecule has 0 saturated carbocycles. The summed E-state index contributed by atoms with van der Waals surface area (Å²) in [7, 11) is 0. The van der Waals surface area contributed by atoms with Crippen molar-refractivity contribution in [3.05, 3.63) is 47.3 Å². The fourth-order valence-corrected chi connectivity index (χ4v) is 1.29. The fourth-order valence-electron chi connectivity index (χ4n) is 1.29. The van der Waals surface area contributed by atoms with E-state index in [1.54, 1.807) is 25.1 Å².